The summed E-state index contributed by atoms with van der Waals surface area (Å²) < 4.78 is 10.5. The first-order valence-electron chi connectivity index (χ1n) is 3.36. The highest BCUT2D eigenvalue weighted by Crippen LogP contribution is 2.11. The van der Waals surface area contributed by atoms with E-state index in [-0.39, 0.29) is 5.57 Å². The molecular formula is C7H5N2O2P. The van der Waals surface area contributed by atoms with Gasteiger partial charge < -0.3 is 4.89 Å². The monoisotopic (exact) mass is 180 g/mol. The highest BCUT2D eigenvalue weighted by Gasteiger charge is 2.12. The lowest BCUT2D eigenvalue weighted by molar-refractivity contribution is -0.161. The number of H-pyrrole nitrogens is 1. The van der Waals surface area contributed by atoms with Crippen molar-refractivity contribution in [3.05, 3.63) is 24.3 Å². The van der Waals surface area contributed by atoms with Crippen LogP contribution in [0.3, 0.4) is 0 Å². The van der Waals surface area contributed by atoms with Crippen LogP contribution in [0.4, 0.5) is 0 Å². The number of fused-ring (bicyclic) bond motifs is 1. The van der Waals surface area contributed by atoms with Crippen molar-refractivity contribution in [2.24, 2.45) is 0 Å². The Morgan fingerprint density at radius 1 is 1.42 bits per heavy atom. The molecular weight excluding hydrogens is 175 g/mol. The van der Waals surface area contributed by atoms with Crippen LogP contribution in [0.15, 0.2) is 24.3 Å². The Labute approximate surface area is 69.1 Å². The van der Waals surface area contributed by atoms with Crippen molar-refractivity contribution in [2.75, 3.05) is 0 Å². The topological polar surface area (TPSA) is 68.8 Å². The number of rotatable bonds is 1. The molecule has 0 spiro atoms. The summed E-state index contributed by atoms with van der Waals surface area (Å²) in [6.07, 6.45) is 0. The molecule has 2 aromatic rings. The van der Waals surface area contributed by atoms with Crippen molar-refractivity contribution < 1.29 is 9.46 Å². The van der Waals surface area contributed by atoms with Gasteiger partial charge in [0.25, 0.3) is 0 Å². The Morgan fingerprint density at radius 3 is 2.83 bits per heavy atom. The van der Waals surface area contributed by atoms with Crippen LogP contribution in [-0.2, 0) is 4.57 Å². The van der Waals surface area contributed by atoms with Gasteiger partial charge in [0.05, 0.1) is 11.0 Å². The molecule has 0 saturated carbocycles. The van der Waals surface area contributed by atoms with Gasteiger partial charge in [-0.2, -0.15) is 4.98 Å². The molecule has 12 heavy (non-hydrogen) atoms. The van der Waals surface area contributed by atoms with Gasteiger partial charge in [-0.05, 0) is 12.1 Å². The molecule has 1 atom stereocenters. The molecule has 0 fully saturated rings. The number of aromatic amines is 1. The average molecular weight is 180 g/mol. The maximum absolute atomic E-state index is 10.5. The molecule has 0 aliphatic rings. The van der Waals surface area contributed by atoms with Crippen molar-refractivity contribution in [3.63, 3.8) is 0 Å². The van der Waals surface area contributed by atoms with E-state index < -0.39 is 8.03 Å². The fourth-order valence-electron chi connectivity index (χ4n) is 1.03. The summed E-state index contributed by atoms with van der Waals surface area (Å²) in [7, 11) is -2.61. The molecule has 4 nitrogen and oxygen atoms in total. The van der Waals surface area contributed by atoms with E-state index in [4.69, 9.17) is 0 Å². The minimum atomic E-state index is -2.61. The van der Waals surface area contributed by atoms with Crippen LogP contribution >= 0.6 is 8.03 Å². The smallest absolute Gasteiger partial charge is 0.389 e. The molecule has 0 bridgehead atoms. The summed E-state index contributed by atoms with van der Waals surface area (Å²) in [6.45, 7) is 0. The molecule has 1 N–H and O–H groups in total. The largest absolute Gasteiger partial charge is 0.588 e. The summed E-state index contributed by atoms with van der Waals surface area (Å²) in [5.74, 6) is 0. The Hall–Kier alpha value is -1.25. The van der Waals surface area contributed by atoms with Gasteiger partial charge in [-0.1, -0.05) is 16.7 Å². The van der Waals surface area contributed by atoms with Gasteiger partial charge in [0.2, 0.25) is 0 Å². The number of hydrogen-bond donors (Lipinski definition) is 1. The SMILES string of the molecule is O=[P+]([O-])c1nc2ccccc2[nH]1. The molecule has 0 radical (unpaired) electrons. The van der Waals surface area contributed by atoms with E-state index in [2.05, 4.69) is 9.97 Å². The fourth-order valence-corrected chi connectivity index (χ4v) is 1.43. The zero-order chi connectivity index (χ0) is 8.55. The maximum Gasteiger partial charge on any atom is 0.389 e. The third kappa shape index (κ3) is 1.11. The Balaban J connectivity index is 2.70. The number of aromatic nitrogens is 2. The van der Waals surface area contributed by atoms with E-state index in [1.807, 2.05) is 12.1 Å². The van der Waals surface area contributed by atoms with Crippen molar-refractivity contribution >= 4 is 24.6 Å². The highest BCUT2D eigenvalue weighted by atomic mass is 31.1. The molecule has 0 aliphatic carbocycles. The van der Waals surface area contributed by atoms with E-state index in [0.717, 1.165) is 5.52 Å². The van der Waals surface area contributed by atoms with E-state index in [1.54, 1.807) is 12.1 Å². The van der Waals surface area contributed by atoms with E-state index >= 15 is 0 Å². The molecule has 60 valence electrons. The summed E-state index contributed by atoms with van der Waals surface area (Å²) in [5, 5.41) is 0. The minimum absolute atomic E-state index is 0.0196. The molecule has 1 aromatic carbocycles. The summed E-state index contributed by atoms with van der Waals surface area (Å²) in [6, 6.07) is 7.17. The number of nitrogens with zero attached hydrogens (tertiary/aromatic N) is 1. The number of nitrogens with one attached hydrogen (secondary N) is 1. The number of imidazole rings is 1. The van der Waals surface area contributed by atoms with Crippen molar-refractivity contribution in [2.45, 2.75) is 0 Å². The molecule has 0 aliphatic heterocycles. The van der Waals surface area contributed by atoms with E-state index in [9.17, 15) is 9.46 Å². The first kappa shape index (κ1) is 7.40. The third-order valence-corrected chi connectivity index (χ3v) is 2.11. The molecule has 1 aromatic heterocycles. The zero-order valence-corrected chi connectivity index (χ0v) is 6.91. The van der Waals surface area contributed by atoms with Gasteiger partial charge in [0.15, 0.2) is 0 Å². The fraction of sp³-hybridized carbons (Fsp3) is 0. The Kier molecular flexibility index (Phi) is 1.64. The lowest BCUT2D eigenvalue weighted by Crippen LogP contribution is -2.07. The molecule has 0 saturated heterocycles. The normalized spacial score (nSPS) is 11.9. The second-order valence-corrected chi connectivity index (χ2v) is 3.27. The standard InChI is InChI=1S/C7H5N2O2P/c10-12(11)7-8-5-3-1-2-4-6(5)9-7/h1-4H,(H,8,9). The van der Waals surface area contributed by atoms with Crippen LogP contribution in [0.5, 0.6) is 0 Å². The maximum atomic E-state index is 10.5. The second kappa shape index (κ2) is 2.66. The van der Waals surface area contributed by atoms with Gasteiger partial charge >= 0.3 is 13.6 Å². The lowest BCUT2D eigenvalue weighted by Gasteiger charge is -1.80. The van der Waals surface area contributed by atoms with Crippen molar-refractivity contribution in [1.82, 2.24) is 9.97 Å². The number of hydrogen-bond acceptors (Lipinski definition) is 3. The quantitative estimate of drug-likeness (QED) is 0.641. The lowest BCUT2D eigenvalue weighted by atomic mass is 10.3. The number of benzene rings is 1. The minimum Gasteiger partial charge on any atom is -0.588 e. The predicted octanol–water partition coefficient (Wildman–Crippen LogP) is 0.291. The Bertz CT molecular complexity index is 405. The second-order valence-electron chi connectivity index (χ2n) is 2.33. The first-order chi connectivity index (χ1) is 5.77. The van der Waals surface area contributed by atoms with Crippen LogP contribution in [0.1, 0.15) is 0 Å². The molecule has 1 heterocycles. The molecule has 1 unspecified atom stereocenters. The Morgan fingerprint density at radius 2 is 2.17 bits per heavy atom. The van der Waals surface area contributed by atoms with Crippen LogP contribution in [-0.4, -0.2) is 9.97 Å². The van der Waals surface area contributed by atoms with Crippen LogP contribution < -0.4 is 10.5 Å². The third-order valence-electron chi connectivity index (χ3n) is 1.55. The molecule has 0 amide bonds. The average Bonchev–Trinajstić information content (AvgIpc) is 2.46. The van der Waals surface area contributed by atoms with Crippen LogP contribution in [0, 0.1) is 0 Å². The van der Waals surface area contributed by atoms with Gasteiger partial charge in [0, 0.05) is 0 Å². The predicted molar refractivity (Wildman–Crippen MR) is 43.3 cm³/mol. The van der Waals surface area contributed by atoms with Crippen molar-refractivity contribution in [3.8, 4) is 0 Å². The van der Waals surface area contributed by atoms with Crippen LogP contribution in [0.2, 0.25) is 0 Å². The summed E-state index contributed by atoms with van der Waals surface area (Å²) in [4.78, 5) is 17.1. The van der Waals surface area contributed by atoms with Gasteiger partial charge in [-0.3, -0.25) is 4.98 Å². The van der Waals surface area contributed by atoms with Gasteiger partial charge in [-0.15, -0.1) is 0 Å². The summed E-state index contributed by atoms with van der Waals surface area (Å²) in [5.41, 5.74) is 1.43. The summed E-state index contributed by atoms with van der Waals surface area (Å²) >= 11 is 0. The van der Waals surface area contributed by atoms with Gasteiger partial charge in [-0.25, -0.2) is 0 Å². The first-order valence-corrected chi connectivity index (χ1v) is 4.54. The van der Waals surface area contributed by atoms with E-state index in [0.29, 0.717) is 5.52 Å². The molecule has 5 heteroatoms. The number of para-hydroxylation sites is 2. The zero-order valence-electron chi connectivity index (χ0n) is 6.02. The van der Waals surface area contributed by atoms with E-state index in [1.165, 1.54) is 0 Å². The van der Waals surface area contributed by atoms with Crippen LogP contribution in [0.25, 0.3) is 11.0 Å². The molecule has 2 rings (SSSR count). The van der Waals surface area contributed by atoms with Gasteiger partial charge in [0.1, 0.15) is 0 Å². The highest BCUT2D eigenvalue weighted by molar-refractivity contribution is 7.45. The van der Waals surface area contributed by atoms with Crippen molar-refractivity contribution in [1.29, 1.82) is 0 Å².